The van der Waals surface area contributed by atoms with Crippen LogP contribution in [0.1, 0.15) is 15.9 Å². The van der Waals surface area contributed by atoms with Crippen molar-refractivity contribution in [2.45, 2.75) is 6.92 Å². The Morgan fingerprint density at radius 2 is 2.05 bits per heavy atom. The van der Waals surface area contributed by atoms with E-state index in [2.05, 4.69) is 5.32 Å². The number of halogens is 2. The van der Waals surface area contributed by atoms with Gasteiger partial charge < -0.3 is 10.4 Å². The van der Waals surface area contributed by atoms with Gasteiger partial charge in [0.1, 0.15) is 11.6 Å². The van der Waals surface area contributed by atoms with Crippen molar-refractivity contribution in [1.82, 2.24) is 0 Å². The van der Waals surface area contributed by atoms with Crippen molar-refractivity contribution in [3.63, 3.8) is 0 Å². The Bertz CT molecular complexity index is 643. The fourth-order valence-electron chi connectivity index (χ4n) is 1.65. The summed E-state index contributed by atoms with van der Waals surface area (Å²) in [6.45, 7) is 1.64. The van der Waals surface area contributed by atoms with E-state index in [0.29, 0.717) is 16.8 Å². The number of nitrogens with one attached hydrogen (secondary N) is 1. The topological polar surface area (TPSA) is 49.3 Å². The van der Waals surface area contributed by atoms with Crippen LogP contribution in [-0.4, -0.2) is 11.0 Å². The molecule has 2 N–H and O–H groups in total. The molecule has 0 heterocycles. The Morgan fingerprint density at radius 1 is 1.32 bits per heavy atom. The first kappa shape index (κ1) is 13.4. The third kappa shape index (κ3) is 2.85. The average molecular weight is 280 g/mol. The second kappa shape index (κ2) is 5.28. The van der Waals surface area contributed by atoms with E-state index in [1.165, 1.54) is 18.2 Å². The molecule has 0 aliphatic rings. The summed E-state index contributed by atoms with van der Waals surface area (Å²) in [5.74, 6) is -0.851. The maximum atomic E-state index is 12.9. The number of carbonyl (C=O) groups is 1. The molecule has 0 saturated heterocycles. The largest absolute Gasteiger partial charge is 0.508 e. The minimum atomic E-state index is -0.475. The molecule has 0 aromatic heterocycles. The number of aromatic hydroxyl groups is 1. The van der Waals surface area contributed by atoms with Gasteiger partial charge in [-0.25, -0.2) is 4.39 Å². The molecular weight excluding hydrogens is 269 g/mol. The minimum absolute atomic E-state index is 0.0397. The summed E-state index contributed by atoms with van der Waals surface area (Å²) in [6, 6.07) is 8.36. The van der Waals surface area contributed by atoms with Crippen molar-refractivity contribution >= 4 is 23.2 Å². The Kier molecular flexibility index (Phi) is 3.71. The van der Waals surface area contributed by atoms with Gasteiger partial charge in [-0.2, -0.15) is 0 Å². The van der Waals surface area contributed by atoms with Crippen LogP contribution >= 0.6 is 11.6 Å². The van der Waals surface area contributed by atoms with Crippen molar-refractivity contribution in [3.8, 4) is 5.75 Å². The first-order valence-electron chi connectivity index (χ1n) is 5.54. The average Bonchev–Trinajstić information content (AvgIpc) is 2.36. The van der Waals surface area contributed by atoms with E-state index >= 15 is 0 Å². The van der Waals surface area contributed by atoms with E-state index in [9.17, 15) is 14.3 Å². The molecule has 2 aromatic carbocycles. The molecule has 0 fully saturated rings. The van der Waals surface area contributed by atoms with Gasteiger partial charge in [0.2, 0.25) is 0 Å². The fraction of sp³-hybridized carbons (Fsp3) is 0.0714. The molecule has 1 amide bonds. The van der Waals surface area contributed by atoms with Gasteiger partial charge in [0.05, 0.1) is 10.7 Å². The van der Waals surface area contributed by atoms with Crippen molar-refractivity contribution in [2.24, 2.45) is 0 Å². The lowest BCUT2D eigenvalue weighted by atomic mass is 10.1. The normalized spacial score (nSPS) is 10.3. The number of benzene rings is 2. The highest BCUT2D eigenvalue weighted by Crippen LogP contribution is 2.25. The van der Waals surface area contributed by atoms with Gasteiger partial charge in [-0.1, -0.05) is 17.7 Å². The zero-order chi connectivity index (χ0) is 14.0. The second-order valence-electron chi connectivity index (χ2n) is 4.03. The lowest BCUT2D eigenvalue weighted by Crippen LogP contribution is -2.13. The highest BCUT2D eigenvalue weighted by atomic mass is 35.5. The molecule has 98 valence electrons. The summed E-state index contributed by atoms with van der Waals surface area (Å²) in [6.07, 6.45) is 0. The highest BCUT2D eigenvalue weighted by molar-refractivity contribution is 6.33. The van der Waals surface area contributed by atoms with Crippen LogP contribution in [0, 0.1) is 12.7 Å². The standard InChI is InChI=1S/C14H11ClFNO2/c1-8-10(3-2-4-13(8)18)14(19)17-12-6-5-9(16)7-11(12)15/h2-7,18H,1H3,(H,17,19). The van der Waals surface area contributed by atoms with Crippen LogP contribution in [0.25, 0.3) is 0 Å². The van der Waals surface area contributed by atoms with Crippen LogP contribution in [0.5, 0.6) is 5.75 Å². The number of hydrogen-bond acceptors (Lipinski definition) is 2. The number of hydrogen-bond donors (Lipinski definition) is 2. The molecule has 0 aliphatic carbocycles. The zero-order valence-corrected chi connectivity index (χ0v) is 10.8. The summed E-state index contributed by atoms with van der Waals surface area (Å²) in [4.78, 5) is 12.0. The summed E-state index contributed by atoms with van der Waals surface area (Å²) >= 11 is 5.83. The summed E-state index contributed by atoms with van der Waals surface area (Å²) in [5, 5.41) is 12.2. The number of phenols is 1. The molecule has 0 unspecified atom stereocenters. The second-order valence-corrected chi connectivity index (χ2v) is 4.44. The summed E-state index contributed by atoms with van der Waals surface area (Å²) in [5.41, 5.74) is 1.12. The van der Waals surface area contributed by atoms with Gasteiger partial charge >= 0.3 is 0 Å². The van der Waals surface area contributed by atoms with E-state index in [4.69, 9.17) is 11.6 Å². The van der Waals surface area contributed by atoms with E-state index in [0.717, 1.165) is 6.07 Å². The molecule has 0 saturated carbocycles. The molecule has 19 heavy (non-hydrogen) atoms. The van der Waals surface area contributed by atoms with E-state index in [1.807, 2.05) is 0 Å². The van der Waals surface area contributed by atoms with Crippen LogP contribution in [0.3, 0.4) is 0 Å². The predicted molar refractivity (Wildman–Crippen MR) is 72.2 cm³/mol. The van der Waals surface area contributed by atoms with Crippen LogP contribution in [-0.2, 0) is 0 Å². The minimum Gasteiger partial charge on any atom is -0.508 e. The Morgan fingerprint density at radius 3 is 2.74 bits per heavy atom. The third-order valence-corrected chi connectivity index (χ3v) is 3.04. The molecule has 0 spiro atoms. The predicted octanol–water partition coefficient (Wildman–Crippen LogP) is 3.75. The number of phenolic OH excluding ortho intramolecular Hbond substituents is 1. The van der Waals surface area contributed by atoms with Crippen LogP contribution in [0.4, 0.5) is 10.1 Å². The Labute approximate surface area is 114 Å². The van der Waals surface area contributed by atoms with Crippen molar-refractivity contribution in [3.05, 3.63) is 58.4 Å². The lowest BCUT2D eigenvalue weighted by Gasteiger charge is -2.10. The monoisotopic (exact) mass is 279 g/mol. The van der Waals surface area contributed by atoms with Crippen molar-refractivity contribution < 1.29 is 14.3 Å². The molecule has 3 nitrogen and oxygen atoms in total. The lowest BCUT2D eigenvalue weighted by molar-refractivity contribution is 0.102. The van der Waals surface area contributed by atoms with Crippen LogP contribution < -0.4 is 5.32 Å². The molecule has 0 aliphatic heterocycles. The number of carbonyl (C=O) groups excluding carboxylic acids is 1. The molecule has 2 aromatic rings. The third-order valence-electron chi connectivity index (χ3n) is 2.73. The van der Waals surface area contributed by atoms with Crippen molar-refractivity contribution in [1.29, 1.82) is 0 Å². The van der Waals surface area contributed by atoms with Crippen molar-refractivity contribution in [2.75, 3.05) is 5.32 Å². The number of anilines is 1. The Hall–Kier alpha value is -2.07. The molecular formula is C14H11ClFNO2. The first-order valence-corrected chi connectivity index (χ1v) is 5.92. The number of rotatable bonds is 2. The Balaban J connectivity index is 2.28. The van der Waals surface area contributed by atoms with Gasteiger partial charge in [-0.3, -0.25) is 4.79 Å². The summed E-state index contributed by atoms with van der Waals surface area (Å²) in [7, 11) is 0. The van der Waals surface area contributed by atoms with Crippen LogP contribution in [0.15, 0.2) is 36.4 Å². The van der Waals surface area contributed by atoms with Gasteiger partial charge in [0.15, 0.2) is 0 Å². The zero-order valence-electron chi connectivity index (χ0n) is 10.1. The maximum Gasteiger partial charge on any atom is 0.256 e. The summed E-state index contributed by atoms with van der Waals surface area (Å²) < 4.78 is 12.9. The quantitative estimate of drug-likeness (QED) is 0.880. The smallest absolute Gasteiger partial charge is 0.256 e. The first-order chi connectivity index (χ1) is 8.99. The molecule has 0 bridgehead atoms. The van der Waals surface area contributed by atoms with Gasteiger partial charge in [-0.05, 0) is 37.3 Å². The highest BCUT2D eigenvalue weighted by Gasteiger charge is 2.13. The fourth-order valence-corrected chi connectivity index (χ4v) is 1.86. The van der Waals surface area contributed by atoms with Gasteiger partial charge in [0.25, 0.3) is 5.91 Å². The van der Waals surface area contributed by atoms with Crippen LogP contribution in [0.2, 0.25) is 5.02 Å². The van der Waals surface area contributed by atoms with E-state index in [-0.39, 0.29) is 10.8 Å². The maximum absolute atomic E-state index is 12.9. The SMILES string of the molecule is Cc1c(O)cccc1C(=O)Nc1ccc(F)cc1Cl. The van der Waals surface area contributed by atoms with E-state index < -0.39 is 11.7 Å². The van der Waals surface area contributed by atoms with E-state index in [1.54, 1.807) is 19.1 Å². The molecule has 0 radical (unpaired) electrons. The number of amides is 1. The van der Waals surface area contributed by atoms with Gasteiger partial charge in [0, 0.05) is 11.1 Å². The van der Waals surface area contributed by atoms with Gasteiger partial charge in [-0.15, -0.1) is 0 Å². The molecule has 2 rings (SSSR count). The molecule has 0 atom stereocenters. The molecule has 5 heteroatoms.